The van der Waals surface area contributed by atoms with Crippen LogP contribution in [0.5, 0.6) is 0 Å². The van der Waals surface area contributed by atoms with E-state index in [-0.39, 0.29) is 12.5 Å². The van der Waals surface area contributed by atoms with Gasteiger partial charge < -0.3 is 10.2 Å². The number of carbonyl (C=O) groups excluding carboxylic acids is 1. The molecule has 6 heteroatoms. The number of amides is 1. The molecular weight excluding hydrogens is 358 g/mol. The highest BCUT2D eigenvalue weighted by Gasteiger charge is 2.21. The first-order chi connectivity index (χ1) is 13.1. The van der Waals surface area contributed by atoms with Gasteiger partial charge in [-0.25, -0.2) is 0 Å². The molecule has 0 fully saturated rings. The first-order valence-corrected chi connectivity index (χ1v) is 9.98. The van der Waals surface area contributed by atoms with E-state index in [1.165, 1.54) is 28.2 Å². The van der Waals surface area contributed by atoms with Crippen molar-refractivity contribution in [1.82, 2.24) is 0 Å². The van der Waals surface area contributed by atoms with Gasteiger partial charge in [-0.05, 0) is 50.7 Å². The predicted molar refractivity (Wildman–Crippen MR) is 108 cm³/mol. The number of nitrogens with zero attached hydrogens (tertiary/aromatic N) is 2. The van der Waals surface area contributed by atoms with Crippen molar-refractivity contribution in [3.05, 3.63) is 51.4 Å². The fraction of sp³-hybridized carbons (Fsp3) is 0.381. The topological polar surface area (TPSA) is 74.5 Å². The summed E-state index contributed by atoms with van der Waals surface area (Å²) in [6.07, 6.45) is 5.34. The van der Waals surface area contributed by atoms with Crippen molar-refractivity contribution in [1.29, 1.82) is 5.26 Å². The van der Waals surface area contributed by atoms with Crippen LogP contribution in [0.25, 0.3) is 0 Å². The van der Waals surface area contributed by atoms with Crippen LogP contribution in [0.2, 0.25) is 0 Å². The highest BCUT2D eigenvalue weighted by molar-refractivity contribution is 7.16. The number of thiophene rings is 1. The van der Waals surface area contributed by atoms with E-state index in [9.17, 15) is 10.1 Å². The second-order valence-electron chi connectivity index (χ2n) is 6.74. The largest absolute Gasteiger partial charge is 0.385 e. The lowest BCUT2D eigenvalue weighted by atomic mass is 10.1. The Morgan fingerprint density at radius 2 is 2.00 bits per heavy atom. The van der Waals surface area contributed by atoms with E-state index in [1.807, 2.05) is 38.1 Å². The predicted octanol–water partition coefficient (Wildman–Crippen LogP) is 4.58. The third kappa shape index (κ3) is 4.75. The molecule has 1 aromatic heterocycles. The average Bonchev–Trinajstić information content (AvgIpc) is 2.81. The van der Waals surface area contributed by atoms with Crippen LogP contribution in [0.4, 0.5) is 5.00 Å². The number of nitrogens with one attached hydrogen (secondary N) is 1. The number of fused-ring (bicyclic) bond motifs is 1. The van der Waals surface area contributed by atoms with E-state index < -0.39 is 0 Å². The van der Waals surface area contributed by atoms with Gasteiger partial charge >= 0.3 is 0 Å². The molecule has 0 unspecified atom stereocenters. The zero-order valence-electron chi connectivity index (χ0n) is 15.7. The van der Waals surface area contributed by atoms with Crippen LogP contribution in [0.3, 0.4) is 0 Å². The Labute approximate surface area is 163 Å². The standard InChI is InChI=1S/C21H23N3O2S/c1-14-8-10-16(11-9-14)15(2)24-26-13-20(25)23-21-18(12-22)17-6-4-3-5-7-19(17)27-21/h8-11H,3-7,13H2,1-2H3,(H,23,25). The van der Waals surface area contributed by atoms with Crippen LogP contribution in [0.1, 0.15) is 53.3 Å². The minimum Gasteiger partial charge on any atom is -0.385 e. The Bertz CT molecular complexity index is 891. The molecule has 0 spiro atoms. The van der Waals surface area contributed by atoms with E-state index in [2.05, 4.69) is 16.5 Å². The summed E-state index contributed by atoms with van der Waals surface area (Å²) in [6, 6.07) is 10.2. The lowest BCUT2D eigenvalue weighted by Gasteiger charge is -2.05. The average molecular weight is 382 g/mol. The van der Waals surface area contributed by atoms with Gasteiger partial charge in [0.05, 0.1) is 11.3 Å². The lowest BCUT2D eigenvalue weighted by Crippen LogP contribution is -2.17. The molecule has 0 atom stereocenters. The van der Waals surface area contributed by atoms with Gasteiger partial charge in [0.25, 0.3) is 5.91 Å². The van der Waals surface area contributed by atoms with Crippen molar-refractivity contribution in [3.8, 4) is 6.07 Å². The van der Waals surface area contributed by atoms with Crippen LogP contribution in [-0.4, -0.2) is 18.2 Å². The Morgan fingerprint density at radius 3 is 2.74 bits per heavy atom. The number of carbonyl (C=O) groups is 1. The Balaban J connectivity index is 1.60. The molecule has 1 amide bonds. The molecule has 1 aromatic carbocycles. The third-order valence-corrected chi connectivity index (χ3v) is 5.86. The number of anilines is 1. The zero-order chi connectivity index (χ0) is 19.2. The van der Waals surface area contributed by atoms with Gasteiger partial charge in [-0.3, -0.25) is 4.79 Å². The first-order valence-electron chi connectivity index (χ1n) is 9.16. The van der Waals surface area contributed by atoms with Crippen LogP contribution < -0.4 is 5.32 Å². The molecule has 1 aliphatic carbocycles. The first kappa shape index (κ1) is 19.1. The number of hydrogen-bond donors (Lipinski definition) is 1. The zero-order valence-corrected chi connectivity index (χ0v) is 16.5. The Hall–Kier alpha value is -2.65. The highest BCUT2D eigenvalue weighted by atomic mass is 32.1. The number of rotatable bonds is 5. The molecule has 3 rings (SSSR count). The second kappa shape index (κ2) is 8.83. The van der Waals surface area contributed by atoms with Crippen molar-refractivity contribution in [2.45, 2.75) is 46.0 Å². The number of aryl methyl sites for hydroxylation is 2. The molecule has 1 N–H and O–H groups in total. The van der Waals surface area contributed by atoms with Gasteiger partial charge in [0.15, 0.2) is 6.61 Å². The van der Waals surface area contributed by atoms with E-state index in [1.54, 1.807) is 0 Å². The van der Waals surface area contributed by atoms with Crippen LogP contribution in [0.15, 0.2) is 29.4 Å². The van der Waals surface area contributed by atoms with Crippen molar-refractivity contribution in [2.24, 2.45) is 5.16 Å². The minimum absolute atomic E-state index is 0.184. The van der Waals surface area contributed by atoms with Crippen LogP contribution in [-0.2, 0) is 22.5 Å². The molecule has 0 radical (unpaired) electrons. The lowest BCUT2D eigenvalue weighted by molar-refractivity contribution is -0.120. The summed E-state index contributed by atoms with van der Waals surface area (Å²) in [5, 5.41) is 17.0. The molecule has 5 nitrogen and oxygen atoms in total. The fourth-order valence-electron chi connectivity index (χ4n) is 3.15. The van der Waals surface area contributed by atoms with E-state index in [0.717, 1.165) is 36.8 Å². The van der Waals surface area contributed by atoms with Gasteiger partial charge in [-0.15, -0.1) is 11.3 Å². The molecule has 0 bridgehead atoms. The molecular formula is C21H23N3O2S. The molecule has 1 heterocycles. The summed E-state index contributed by atoms with van der Waals surface area (Å²) < 4.78 is 0. The molecule has 0 saturated carbocycles. The van der Waals surface area contributed by atoms with E-state index >= 15 is 0 Å². The quantitative estimate of drug-likeness (QED) is 0.468. The maximum absolute atomic E-state index is 12.2. The molecule has 2 aromatic rings. The normalized spacial score (nSPS) is 14.0. The van der Waals surface area contributed by atoms with Crippen LogP contribution in [0, 0.1) is 18.3 Å². The molecule has 140 valence electrons. The Kier molecular flexibility index (Phi) is 6.25. The number of hydrogen-bond acceptors (Lipinski definition) is 5. The smallest absolute Gasteiger partial charge is 0.265 e. The van der Waals surface area contributed by atoms with Gasteiger partial charge in [0.1, 0.15) is 11.1 Å². The van der Waals surface area contributed by atoms with Gasteiger partial charge in [0.2, 0.25) is 0 Å². The Morgan fingerprint density at radius 1 is 1.26 bits per heavy atom. The fourth-order valence-corrected chi connectivity index (χ4v) is 4.40. The van der Waals surface area contributed by atoms with Gasteiger partial charge in [-0.1, -0.05) is 41.4 Å². The summed E-state index contributed by atoms with van der Waals surface area (Å²) in [5.41, 5.74) is 4.57. The van der Waals surface area contributed by atoms with Crippen molar-refractivity contribution in [2.75, 3.05) is 11.9 Å². The summed E-state index contributed by atoms with van der Waals surface area (Å²) in [7, 11) is 0. The second-order valence-corrected chi connectivity index (χ2v) is 7.85. The highest BCUT2D eigenvalue weighted by Crippen LogP contribution is 2.36. The maximum atomic E-state index is 12.2. The number of benzene rings is 1. The summed E-state index contributed by atoms with van der Waals surface area (Å²) >= 11 is 1.52. The molecule has 0 aliphatic heterocycles. The van der Waals surface area contributed by atoms with E-state index in [4.69, 9.17) is 4.84 Å². The van der Waals surface area contributed by atoms with Gasteiger partial charge in [-0.2, -0.15) is 5.26 Å². The summed E-state index contributed by atoms with van der Waals surface area (Å²) in [5.74, 6) is -0.302. The summed E-state index contributed by atoms with van der Waals surface area (Å²) in [4.78, 5) is 18.7. The number of oxime groups is 1. The monoisotopic (exact) mass is 381 g/mol. The maximum Gasteiger partial charge on any atom is 0.265 e. The van der Waals surface area contributed by atoms with Crippen molar-refractivity contribution >= 4 is 28.0 Å². The SMILES string of the molecule is CC(=NOCC(=O)Nc1sc2c(c1C#N)CCCCC2)c1ccc(C)cc1. The van der Waals surface area contributed by atoms with Crippen molar-refractivity contribution in [3.63, 3.8) is 0 Å². The van der Waals surface area contributed by atoms with E-state index in [0.29, 0.717) is 16.3 Å². The van der Waals surface area contributed by atoms with Crippen LogP contribution >= 0.6 is 11.3 Å². The molecule has 1 aliphatic rings. The third-order valence-electron chi connectivity index (χ3n) is 4.65. The van der Waals surface area contributed by atoms with Crippen molar-refractivity contribution < 1.29 is 9.63 Å². The minimum atomic E-state index is -0.302. The van der Waals surface area contributed by atoms with Gasteiger partial charge in [0, 0.05) is 4.88 Å². The molecule has 27 heavy (non-hydrogen) atoms. The molecule has 0 saturated heterocycles. The summed E-state index contributed by atoms with van der Waals surface area (Å²) in [6.45, 7) is 3.68. The number of nitriles is 1.